The van der Waals surface area contributed by atoms with Crippen LogP contribution >= 0.6 is 11.3 Å². The minimum absolute atomic E-state index is 0.0704. The van der Waals surface area contributed by atoms with Crippen molar-refractivity contribution >= 4 is 38.4 Å². The van der Waals surface area contributed by atoms with Crippen molar-refractivity contribution in [2.45, 2.75) is 45.1 Å². The van der Waals surface area contributed by atoms with E-state index < -0.39 is 5.92 Å². The number of carbonyl (C=O) groups excluding carboxylic acids is 1. The monoisotopic (exact) mass is 496 g/mol. The topological polar surface area (TPSA) is 68.2 Å². The fourth-order valence-electron chi connectivity index (χ4n) is 4.62. The van der Waals surface area contributed by atoms with Crippen LogP contribution in [0.4, 0.5) is 8.78 Å². The van der Waals surface area contributed by atoms with Gasteiger partial charge in [0.05, 0.1) is 22.4 Å². The van der Waals surface area contributed by atoms with Gasteiger partial charge in [-0.1, -0.05) is 18.2 Å². The van der Waals surface area contributed by atoms with Gasteiger partial charge in [-0.15, -0.1) is 11.3 Å². The second-order valence-electron chi connectivity index (χ2n) is 9.17. The summed E-state index contributed by atoms with van der Waals surface area (Å²) in [7, 11) is 1.78. The molecule has 0 bridgehead atoms. The van der Waals surface area contributed by atoms with Crippen LogP contribution in [0.5, 0.6) is 5.88 Å². The van der Waals surface area contributed by atoms with Crippen LogP contribution in [0.2, 0.25) is 0 Å². The van der Waals surface area contributed by atoms with Crippen LogP contribution in [0.3, 0.4) is 0 Å². The van der Waals surface area contributed by atoms with Crippen molar-refractivity contribution in [2.24, 2.45) is 5.92 Å². The number of aromatic nitrogens is 3. The predicted molar refractivity (Wildman–Crippen MR) is 132 cm³/mol. The van der Waals surface area contributed by atoms with E-state index in [2.05, 4.69) is 15.0 Å². The summed E-state index contributed by atoms with van der Waals surface area (Å²) < 4.78 is 32.9. The van der Waals surface area contributed by atoms with Gasteiger partial charge in [0.1, 0.15) is 11.2 Å². The third kappa shape index (κ3) is 4.82. The van der Waals surface area contributed by atoms with E-state index in [4.69, 9.17) is 4.74 Å². The number of pyridine rings is 1. The number of ether oxygens (including phenoxy) is 1. The maximum absolute atomic E-state index is 13.5. The number of hydrogen-bond acceptors (Lipinski definition) is 6. The van der Waals surface area contributed by atoms with E-state index in [1.165, 1.54) is 17.7 Å². The third-order valence-electron chi connectivity index (χ3n) is 6.67. The summed E-state index contributed by atoms with van der Waals surface area (Å²) in [5.41, 5.74) is 2.68. The molecule has 1 aliphatic rings. The zero-order valence-electron chi connectivity index (χ0n) is 19.6. The van der Waals surface area contributed by atoms with Crippen molar-refractivity contribution in [3.05, 3.63) is 58.9 Å². The van der Waals surface area contributed by atoms with Crippen LogP contribution in [0.1, 0.15) is 46.5 Å². The molecule has 0 aliphatic heterocycles. The highest BCUT2D eigenvalue weighted by Gasteiger charge is 2.35. The lowest BCUT2D eigenvalue weighted by Gasteiger charge is -2.27. The van der Waals surface area contributed by atoms with Gasteiger partial charge in [-0.25, -0.2) is 18.7 Å². The second-order valence-corrected chi connectivity index (χ2v) is 10.2. The van der Waals surface area contributed by atoms with E-state index in [-0.39, 0.29) is 24.7 Å². The number of alkyl halides is 2. The fourth-order valence-corrected chi connectivity index (χ4v) is 5.76. The number of rotatable bonds is 6. The number of halogens is 2. The van der Waals surface area contributed by atoms with Gasteiger partial charge in [0.25, 0.3) is 5.91 Å². The number of hydrogen-bond donors (Lipinski definition) is 0. The largest absolute Gasteiger partial charge is 0.477 e. The van der Waals surface area contributed by atoms with Gasteiger partial charge in [-0.3, -0.25) is 9.78 Å². The zero-order valence-corrected chi connectivity index (χ0v) is 20.4. The van der Waals surface area contributed by atoms with Crippen LogP contribution in [0.15, 0.2) is 42.9 Å². The molecule has 0 atom stereocenters. The molecule has 3 heterocycles. The SMILES string of the molecule is Cc1c(C(=O)N(C)Cc2cccc3ncccc23)sc2ncnc(OCC3CCC(F)(F)CC3)c12. The molecule has 1 amide bonds. The molecule has 4 aromatic rings. The molecule has 182 valence electrons. The molecule has 6 nitrogen and oxygen atoms in total. The van der Waals surface area contributed by atoms with Gasteiger partial charge in [0, 0.05) is 38.0 Å². The van der Waals surface area contributed by atoms with Crippen molar-refractivity contribution < 1.29 is 18.3 Å². The third-order valence-corrected chi connectivity index (χ3v) is 7.86. The highest BCUT2D eigenvalue weighted by molar-refractivity contribution is 7.20. The normalized spacial score (nSPS) is 16.0. The van der Waals surface area contributed by atoms with Crippen LogP contribution in [-0.4, -0.2) is 45.3 Å². The number of fused-ring (bicyclic) bond motifs is 2. The minimum Gasteiger partial charge on any atom is -0.477 e. The zero-order chi connectivity index (χ0) is 24.6. The summed E-state index contributed by atoms with van der Waals surface area (Å²) in [6.07, 6.45) is 3.84. The molecule has 35 heavy (non-hydrogen) atoms. The first kappa shape index (κ1) is 23.5. The molecular formula is C26H26F2N4O2S. The van der Waals surface area contributed by atoms with Crippen molar-refractivity contribution in [2.75, 3.05) is 13.7 Å². The Labute approximate surface area is 206 Å². The summed E-state index contributed by atoms with van der Waals surface area (Å²) >= 11 is 1.32. The van der Waals surface area contributed by atoms with Crippen LogP contribution < -0.4 is 4.74 Å². The second kappa shape index (κ2) is 9.45. The first-order valence-corrected chi connectivity index (χ1v) is 12.5. The standard InChI is InChI=1S/C26H26F2N4O2S/c1-16-21-23(34-14-17-8-10-26(27,28)11-9-17)30-15-31-24(21)35-22(16)25(33)32(2)13-18-5-3-7-20-19(18)6-4-12-29-20/h3-7,12,15,17H,8-11,13-14H2,1-2H3. The summed E-state index contributed by atoms with van der Waals surface area (Å²) in [6.45, 7) is 2.64. The van der Waals surface area contributed by atoms with Gasteiger partial charge in [-0.2, -0.15) is 0 Å². The number of benzene rings is 1. The first-order chi connectivity index (χ1) is 16.8. The number of aryl methyl sites for hydroxylation is 1. The Morgan fingerprint density at radius 2 is 1.97 bits per heavy atom. The lowest BCUT2D eigenvalue weighted by atomic mass is 9.87. The Morgan fingerprint density at radius 1 is 1.17 bits per heavy atom. The number of amides is 1. The van der Waals surface area contributed by atoms with Gasteiger partial charge in [0.2, 0.25) is 11.8 Å². The Kier molecular flexibility index (Phi) is 6.35. The number of carbonyl (C=O) groups is 1. The molecule has 9 heteroatoms. The number of thiophene rings is 1. The van der Waals surface area contributed by atoms with E-state index in [0.29, 0.717) is 47.0 Å². The smallest absolute Gasteiger partial charge is 0.264 e. The molecule has 0 unspecified atom stereocenters. The van der Waals surface area contributed by atoms with E-state index in [1.54, 1.807) is 18.1 Å². The quantitative estimate of drug-likeness (QED) is 0.326. The maximum Gasteiger partial charge on any atom is 0.264 e. The van der Waals surface area contributed by atoms with E-state index in [0.717, 1.165) is 22.0 Å². The molecular weight excluding hydrogens is 470 g/mol. The Balaban J connectivity index is 1.35. The minimum atomic E-state index is -2.56. The number of nitrogens with zero attached hydrogens (tertiary/aromatic N) is 4. The molecule has 1 saturated carbocycles. The summed E-state index contributed by atoms with van der Waals surface area (Å²) in [4.78, 5) is 29.4. The molecule has 3 aromatic heterocycles. The Morgan fingerprint density at radius 3 is 2.77 bits per heavy atom. The molecule has 0 spiro atoms. The molecule has 5 rings (SSSR count). The molecule has 1 fully saturated rings. The Bertz CT molecular complexity index is 1380. The predicted octanol–water partition coefficient (Wildman–Crippen LogP) is 6.02. The summed E-state index contributed by atoms with van der Waals surface area (Å²) in [5.74, 6) is -2.19. The van der Waals surface area contributed by atoms with Gasteiger partial charge >= 0.3 is 0 Å². The molecule has 0 saturated heterocycles. The van der Waals surface area contributed by atoms with Crippen LogP contribution in [0.25, 0.3) is 21.1 Å². The van der Waals surface area contributed by atoms with Gasteiger partial charge < -0.3 is 9.64 Å². The van der Waals surface area contributed by atoms with Gasteiger partial charge in [0.15, 0.2) is 0 Å². The fraction of sp³-hybridized carbons (Fsp3) is 0.385. The van der Waals surface area contributed by atoms with Gasteiger partial charge in [-0.05, 0) is 48.9 Å². The highest BCUT2D eigenvalue weighted by Crippen LogP contribution is 2.38. The Hall–Kier alpha value is -3.20. The van der Waals surface area contributed by atoms with Crippen molar-refractivity contribution in [1.29, 1.82) is 0 Å². The maximum atomic E-state index is 13.5. The van der Waals surface area contributed by atoms with Crippen molar-refractivity contribution in [1.82, 2.24) is 19.9 Å². The average Bonchev–Trinajstić information content (AvgIpc) is 3.20. The van der Waals surface area contributed by atoms with Crippen LogP contribution in [0, 0.1) is 12.8 Å². The molecule has 1 aromatic carbocycles. The highest BCUT2D eigenvalue weighted by atomic mass is 32.1. The van der Waals surface area contributed by atoms with Crippen LogP contribution in [-0.2, 0) is 6.54 Å². The van der Waals surface area contributed by atoms with E-state index >= 15 is 0 Å². The van der Waals surface area contributed by atoms with Crippen molar-refractivity contribution in [3.63, 3.8) is 0 Å². The molecule has 1 aliphatic carbocycles. The van der Waals surface area contributed by atoms with E-state index in [1.807, 2.05) is 37.3 Å². The molecule has 0 radical (unpaired) electrons. The lowest BCUT2D eigenvalue weighted by Crippen LogP contribution is -2.27. The molecule has 0 N–H and O–H groups in total. The average molecular weight is 497 g/mol. The van der Waals surface area contributed by atoms with Crippen molar-refractivity contribution in [3.8, 4) is 5.88 Å². The van der Waals surface area contributed by atoms with E-state index in [9.17, 15) is 13.6 Å². The lowest BCUT2D eigenvalue weighted by molar-refractivity contribution is -0.0499. The summed E-state index contributed by atoms with van der Waals surface area (Å²) in [5, 5.41) is 1.73. The first-order valence-electron chi connectivity index (χ1n) is 11.7. The summed E-state index contributed by atoms with van der Waals surface area (Å²) in [6, 6.07) is 9.80.